The minimum atomic E-state index is -0.339. The van der Waals surface area contributed by atoms with Crippen LogP contribution in [0.1, 0.15) is 25.3 Å². The first-order chi connectivity index (χ1) is 7.57. The molecule has 2 N–H and O–H groups in total. The molecule has 2 rings (SSSR count). The normalized spacial score (nSPS) is 19.5. The molecule has 0 spiro atoms. The van der Waals surface area contributed by atoms with Crippen LogP contribution in [0.5, 0.6) is 0 Å². The lowest BCUT2D eigenvalue weighted by Crippen LogP contribution is -2.32. The molecule has 1 atom stereocenters. The van der Waals surface area contributed by atoms with Crippen LogP contribution in [0.15, 0.2) is 18.2 Å². The van der Waals surface area contributed by atoms with Crippen molar-refractivity contribution in [3.05, 3.63) is 34.6 Å². The molecule has 88 valence electrons. The Morgan fingerprint density at radius 3 is 2.75 bits per heavy atom. The summed E-state index contributed by atoms with van der Waals surface area (Å²) in [4.78, 5) is 0. The van der Waals surface area contributed by atoms with E-state index in [4.69, 9.17) is 17.3 Å². The molecule has 0 bridgehead atoms. The van der Waals surface area contributed by atoms with E-state index in [0.29, 0.717) is 12.5 Å². The summed E-state index contributed by atoms with van der Waals surface area (Å²) in [5.74, 6) is 0.339. The van der Waals surface area contributed by atoms with Crippen molar-refractivity contribution in [2.45, 2.75) is 26.2 Å². The second-order valence-corrected chi connectivity index (χ2v) is 5.40. The van der Waals surface area contributed by atoms with Gasteiger partial charge in [0, 0.05) is 0 Å². The fourth-order valence-corrected chi connectivity index (χ4v) is 2.48. The number of nitrogens with two attached hydrogens (primary N) is 1. The Morgan fingerprint density at radius 2 is 2.19 bits per heavy atom. The zero-order valence-corrected chi connectivity index (χ0v) is 10.2. The molecule has 1 aromatic carbocycles. The molecule has 0 radical (unpaired) electrons. The Hall–Kier alpha value is -0.600. The van der Waals surface area contributed by atoms with E-state index >= 15 is 0 Å². The zero-order chi connectivity index (χ0) is 11.8. The van der Waals surface area contributed by atoms with Gasteiger partial charge in [-0.05, 0) is 48.8 Å². The van der Waals surface area contributed by atoms with Gasteiger partial charge in [-0.15, -0.1) is 0 Å². The van der Waals surface area contributed by atoms with E-state index in [1.54, 1.807) is 6.07 Å². The molecule has 0 heterocycles. The Morgan fingerprint density at radius 1 is 1.50 bits per heavy atom. The lowest BCUT2D eigenvalue weighted by atomic mass is 9.79. The number of hydrogen-bond acceptors (Lipinski definition) is 1. The van der Waals surface area contributed by atoms with Crippen LogP contribution in [0.2, 0.25) is 5.02 Å². The first-order valence-electron chi connectivity index (χ1n) is 5.70. The predicted molar refractivity (Wildman–Crippen MR) is 65.0 cm³/mol. The molecule has 0 aliphatic heterocycles. The largest absolute Gasteiger partial charge is 0.330 e. The molecule has 1 aliphatic carbocycles. The van der Waals surface area contributed by atoms with E-state index in [-0.39, 0.29) is 16.3 Å². The van der Waals surface area contributed by atoms with Gasteiger partial charge < -0.3 is 5.73 Å². The second kappa shape index (κ2) is 4.34. The van der Waals surface area contributed by atoms with Gasteiger partial charge >= 0.3 is 0 Å². The third-order valence-corrected chi connectivity index (χ3v) is 4.08. The van der Waals surface area contributed by atoms with E-state index in [2.05, 4.69) is 6.92 Å². The van der Waals surface area contributed by atoms with Crippen molar-refractivity contribution in [3.63, 3.8) is 0 Å². The summed E-state index contributed by atoms with van der Waals surface area (Å²) in [6, 6.07) is 4.99. The Bertz CT molecular complexity index is 390. The van der Waals surface area contributed by atoms with Crippen LogP contribution in [0.3, 0.4) is 0 Å². The monoisotopic (exact) mass is 241 g/mol. The highest BCUT2D eigenvalue weighted by atomic mass is 35.5. The smallest absolute Gasteiger partial charge is 0.142 e. The average Bonchev–Trinajstić information content (AvgIpc) is 3.08. The third kappa shape index (κ3) is 2.23. The highest BCUT2D eigenvalue weighted by Gasteiger charge is 2.40. The molecule has 0 saturated heterocycles. The maximum atomic E-state index is 13.3. The summed E-state index contributed by atoms with van der Waals surface area (Å²) >= 11 is 5.97. The van der Waals surface area contributed by atoms with Gasteiger partial charge in [0.05, 0.1) is 5.02 Å². The van der Waals surface area contributed by atoms with Crippen molar-refractivity contribution in [2.24, 2.45) is 17.1 Å². The van der Waals surface area contributed by atoms with E-state index in [1.165, 1.54) is 18.9 Å². The molecule has 1 saturated carbocycles. The Labute approximate surface area is 101 Å². The summed E-state index contributed by atoms with van der Waals surface area (Å²) < 4.78 is 13.3. The maximum absolute atomic E-state index is 13.3. The number of benzene rings is 1. The molecule has 3 heteroatoms. The van der Waals surface area contributed by atoms with Crippen LogP contribution in [-0.4, -0.2) is 6.54 Å². The molecule has 1 aliphatic rings. The fraction of sp³-hybridized carbons (Fsp3) is 0.538. The molecule has 0 amide bonds. The molecular formula is C13H17ClFN. The SMILES string of the molecule is CC(CN)(Cc1cccc(F)c1Cl)C1CC1. The second-order valence-electron chi connectivity index (χ2n) is 5.02. The van der Waals surface area contributed by atoms with Crippen LogP contribution < -0.4 is 5.73 Å². The lowest BCUT2D eigenvalue weighted by molar-refractivity contribution is 0.281. The van der Waals surface area contributed by atoms with Crippen molar-refractivity contribution < 1.29 is 4.39 Å². The topological polar surface area (TPSA) is 26.0 Å². The molecule has 16 heavy (non-hydrogen) atoms. The van der Waals surface area contributed by atoms with E-state index < -0.39 is 0 Å². The van der Waals surface area contributed by atoms with Crippen molar-refractivity contribution in [1.29, 1.82) is 0 Å². The molecular weight excluding hydrogens is 225 g/mol. The van der Waals surface area contributed by atoms with Crippen molar-refractivity contribution >= 4 is 11.6 Å². The van der Waals surface area contributed by atoms with Gasteiger partial charge in [-0.2, -0.15) is 0 Å². The van der Waals surface area contributed by atoms with Crippen molar-refractivity contribution in [1.82, 2.24) is 0 Å². The number of halogens is 2. The summed E-state index contributed by atoms with van der Waals surface area (Å²) in [5.41, 5.74) is 6.79. The highest BCUT2D eigenvalue weighted by Crippen LogP contribution is 2.47. The van der Waals surface area contributed by atoms with E-state index in [9.17, 15) is 4.39 Å². The number of rotatable bonds is 4. The van der Waals surface area contributed by atoms with Gasteiger partial charge in [-0.3, -0.25) is 0 Å². The molecule has 1 unspecified atom stereocenters. The van der Waals surface area contributed by atoms with Gasteiger partial charge in [0.15, 0.2) is 0 Å². The summed E-state index contributed by atoms with van der Waals surface area (Å²) in [7, 11) is 0. The van der Waals surface area contributed by atoms with Crippen molar-refractivity contribution in [2.75, 3.05) is 6.54 Å². The first-order valence-corrected chi connectivity index (χ1v) is 6.07. The summed E-state index contributed by atoms with van der Waals surface area (Å²) in [6.45, 7) is 2.80. The van der Waals surface area contributed by atoms with Gasteiger partial charge in [0.1, 0.15) is 5.82 Å². The van der Waals surface area contributed by atoms with Gasteiger partial charge in [0.2, 0.25) is 0 Å². The third-order valence-electron chi connectivity index (χ3n) is 3.66. The van der Waals surface area contributed by atoms with Crippen LogP contribution >= 0.6 is 11.6 Å². The molecule has 1 fully saturated rings. The van der Waals surface area contributed by atoms with Gasteiger partial charge in [-0.1, -0.05) is 30.7 Å². The molecule has 0 aromatic heterocycles. The Balaban J connectivity index is 2.22. The van der Waals surface area contributed by atoms with Crippen LogP contribution in [0.4, 0.5) is 4.39 Å². The average molecular weight is 242 g/mol. The van der Waals surface area contributed by atoms with E-state index in [1.807, 2.05) is 6.07 Å². The predicted octanol–water partition coefficient (Wildman–Crippen LogP) is 3.40. The standard InChI is InChI=1S/C13H17ClFN/c1-13(8-16,10-5-6-10)7-9-3-2-4-11(15)12(9)14/h2-4,10H,5-8,16H2,1H3. The van der Waals surface area contributed by atoms with Crippen molar-refractivity contribution in [3.8, 4) is 0 Å². The Kier molecular flexibility index (Phi) is 3.22. The lowest BCUT2D eigenvalue weighted by Gasteiger charge is -2.28. The van der Waals surface area contributed by atoms with Crippen LogP contribution in [-0.2, 0) is 6.42 Å². The van der Waals surface area contributed by atoms with Gasteiger partial charge in [0.25, 0.3) is 0 Å². The summed E-state index contributed by atoms with van der Waals surface area (Å²) in [6.07, 6.45) is 3.24. The van der Waals surface area contributed by atoms with Crippen LogP contribution in [0.25, 0.3) is 0 Å². The van der Waals surface area contributed by atoms with Gasteiger partial charge in [-0.25, -0.2) is 4.39 Å². The van der Waals surface area contributed by atoms with E-state index in [0.717, 1.165) is 12.0 Å². The molecule has 1 nitrogen and oxygen atoms in total. The molecule has 1 aromatic rings. The van der Waals surface area contributed by atoms with Crippen LogP contribution in [0, 0.1) is 17.2 Å². The minimum absolute atomic E-state index is 0.0669. The summed E-state index contributed by atoms with van der Waals surface area (Å²) in [5, 5.41) is 0.253. The minimum Gasteiger partial charge on any atom is -0.330 e. The zero-order valence-electron chi connectivity index (χ0n) is 9.47. The maximum Gasteiger partial charge on any atom is 0.142 e. The first kappa shape index (κ1) is 11.9. The fourth-order valence-electron chi connectivity index (χ4n) is 2.28. The highest BCUT2D eigenvalue weighted by molar-refractivity contribution is 6.31. The number of hydrogen-bond donors (Lipinski definition) is 1. The quantitative estimate of drug-likeness (QED) is 0.859.